The number of carbonyl (C=O) groups excluding carboxylic acids is 1. The summed E-state index contributed by atoms with van der Waals surface area (Å²) >= 11 is 1.34. The Morgan fingerprint density at radius 1 is 1.24 bits per heavy atom. The average Bonchev–Trinajstić information content (AvgIpc) is 2.82. The molecule has 0 radical (unpaired) electrons. The van der Waals surface area contributed by atoms with Crippen LogP contribution in [0.3, 0.4) is 0 Å². The minimum Gasteiger partial charge on any atom is -0.300 e. The molecule has 0 spiro atoms. The second-order valence-corrected chi connectivity index (χ2v) is 5.63. The quantitative estimate of drug-likeness (QED) is 0.865. The van der Waals surface area contributed by atoms with Gasteiger partial charge < -0.3 is 5.32 Å². The highest BCUT2D eigenvalue weighted by Crippen LogP contribution is 2.27. The number of nitrogens with zero attached hydrogens (tertiary/aromatic N) is 2. The molecular weight excluding hydrogens is 282 g/mol. The van der Waals surface area contributed by atoms with E-state index in [1.54, 1.807) is 12.4 Å². The molecule has 2 aromatic rings. The topological polar surface area (TPSA) is 54.4 Å². The summed E-state index contributed by atoms with van der Waals surface area (Å²) in [4.78, 5) is 21.0. The van der Waals surface area contributed by atoms with Crippen molar-refractivity contribution < 1.29 is 4.79 Å². The number of hydrogen-bond acceptors (Lipinski definition) is 4. The monoisotopic (exact) mass is 295 g/mol. The van der Waals surface area contributed by atoms with Crippen molar-refractivity contribution in [1.29, 1.82) is 0 Å². The van der Waals surface area contributed by atoms with Crippen LogP contribution in [0.5, 0.6) is 0 Å². The molecule has 0 bridgehead atoms. The van der Waals surface area contributed by atoms with Crippen LogP contribution in [0.2, 0.25) is 0 Å². The van der Waals surface area contributed by atoms with E-state index in [1.165, 1.54) is 17.3 Å². The Bertz CT molecular complexity index is 721. The van der Waals surface area contributed by atoms with Crippen LogP contribution in [-0.2, 0) is 4.79 Å². The van der Waals surface area contributed by atoms with Gasteiger partial charge in [-0.25, -0.2) is 4.99 Å². The molecule has 1 aromatic heterocycles. The maximum Gasteiger partial charge on any atom is 0.264 e. The van der Waals surface area contributed by atoms with Crippen molar-refractivity contribution in [3.05, 3.63) is 64.8 Å². The highest BCUT2D eigenvalue weighted by molar-refractivity contribution is 8.18. The van der Waals surface area contributed by atoms with E-state index in [1.807, 2.05) is 49.4 Å². The lowest BCUT2D eigenvalue weighted by Crippen LogP contribution is -2.19. The van der Waals surface area contributed by atoms with Crippen LogP contribution in [0.25, 0.3) is 6.08 Å². The van der Waals surface area contributed by atoms with Gasteiger partial charge in [-0.05, 0) is 48.5 Å². The maximum atomic E-state index is 11.9. The number of amidine groups is 1. The summed E-state index contributed by atoms with van der Waals surface area (Å²) in [5.74, 6) is -0.130. The normalized spacial score (nSPS) is 18.2. The SMILES string of the molecule is Cc1ccc(N=C2NC(=O)/C(=C\c3cccnc3)S2)cc1. The molecular formula is C16H13N3OS. The van der Waals surface area contributed by atoms with Gasteiger partial charge in [-0.2, -0.15) is 0 Å². The van der Waals surface area contributed by atoms with Gasteiger partial charge >= 0.3 is 0 Å². The zero-order valence-electron chi connectivity index (χ0n) is 11.4. The van der Waals surface area contributed by atoms with Gasteiger partial charge in [-0.1, -0.05) is 23.8 Å². The minimum atomic E-state index is -0.130. The third-order valence-corrected chi connectivity index (χ3v) is 3.81. The molecule has 0 unspecified atom stereocenters. The van der Waals surface area contributed by atoms with E-state index in [0.717, 1.165) is 11.3 Å². The minimum absolute atomic E-state index is 0.130. The second-order valence-electron chi connectivity index (χ2n) is 4.60. The predicted molar refractivity (Wildman–Crippen MR) is 86.2 cm³/mol. The van der Waals surface area contributed by atoms with Crippen LogP contribution < -0.4 is 5.32 Å². The molecule has 104 valence electrons. The summed E-state index contributed by atoms with van der Waals surface area (Å²) in [7, 11) is 0. The van der Waals surface area contributed by atoms with Crippen LogP contribution in [0, 0.1) is 6.92 Å². The fourth-order valence-corrected chi connectivity index (χ4v) is 2.67. The van der Waals surface area contributed by atoms with Crippen LogP contribution in [0.15, 0.2) is 58.7 Å². The number of aromatic nitrogens is 1. The molecule has 0 atom stereocenters. The van der Waals surface area contributed by atoms with Crippen molar-refractivity contribution in [3.63, 3.8) is 0 Å². The first-order chi connectivity index (χ1) is 10.2. The van der Waals surface area contributed by atoms with E-state index in [2.05, 4.69) is 15.3 Å². The van der Waals surface area contributed by atoms with Crippen molar-refractivity contribution in [2.75, 3.05) is 0 Å². The van der Waals surface area contributed by atoms with Crippen molar-refractivity contribution >= 4 is 34.6 Å². The second kappa shape index (κ2) is 5.93. The van der Waals surface area contributed by atoms with Crippen LogP contribution in [0.1, 0.15) is 11.1 Å². The molecule has 1 aliphatic heterocycles. The summed E-state index contributed by atoms with van der Waals surface area (Å²) < 4.78 is 0. The number of thioether (sulfide) groups is 1. The van der Waals surface area contributed by atoms with Crippen LogP contribution in [0.4, 0.5) is 5.69 Å². The van der Waals surface area contributed by atoms with E-state index in [4.69, 9.17) is 0 Å². The largest absolute Gasteiger partial charge is 0.300 e. The number of amides is 1. The van der Waals surface area contributed by atoms with E-state index in [0.29, 0.717) is 10.1 Å². The lowest BCUT2D eigenvalue weighted by atomic mass is 10.2. The van der Waals surface area contributed by atoms with E-state index >= 15 is 0 Å². The predicted octanol–water partition coefficient (Wildman–Crippen LogP) is 3.28. The Hall–Kier alpha value is -2.40. The van der Waals surface area contributed by atoms with Gasteiger partial charge in [-0.3, -0.25) is 9.78 Å². The molecule has 1 saturated heterocycles. The molecule has 0 aliphatic carbocycles. The third kappa shape index (κ3) is 3.38. The molecule has 1 aliphatic rings. The van der Waals surface area contributed by atoms with E-state index in [-0.39, 0.29) is 5.91 Å². The Morgan fingerprint density at radius 3 is 2.76 bits per heavy atom. The summed E-state index contributed by atoms with van der Waals surface area (Å²) in [6, 6.07) is 11.6. The lowest BCUT2D eigenvalue weighted by Gasteiger charge is -1.96. The van der Waals surface area contributed by atoms with Crippen molar-refractivity contribution in [2.24, 2.45) is 4.99 Å². The first-order valence-electron chi connectivity index (χ1n) is 6.47. The van der Waals surface area contributed by atoms with Gasteiger partial charge in [0, 0.05) is 12.4 Å². The number of pyridine rings is 1. The summed E-state index contributed by atoms with van der Waals surface area (Å²) in [6.07, 6.45) is 5.23. The number of hydrogen-bond donors (Lipinski definition) is 1. The number of rotatable bonds is 2. The number of carbonyl (C=O) groups is 1. The molecule has 5 heteroatoms. The maximum absolute atomic E-state index is 11.9. The molecule has 21 heavy (non-hydrogen) atoms. The van der Waals surface area contributed by atoms with Crippen molar-refractivity contribution in [3.8, 4) is 0 Å². The number of aryl methyl sites for hydroxylation is 1. The molecule has 1 fully saturated rings. The fourth-order valence-electron chi connectivity index (χ4n) is 1.83. The Labute approximate surface area is 127 Å². The van der Waals surface area contributed by atoms with Gasteiger partial charge in [0.25, 0.3) is 5.91 Å². The van der Waals surface area contributed by atoms with Crippen LogP contribution >= 0.6 is 11.8 Å². The summed E-state index contributed by atoms with van der Waals surface area (Å²) in [5.41, 5.74) is 2.90. The van der Waals surface area contributed by atoms with Crippen molar-refractivity contribution in [2.45, 2.75) is 6.92 Å². The van der Waals surface area contributed by atoms with Gasteiger partial charge in [0.15, 0.2) is 5.17 Å². The molecule has 2 heterocycles. The van der Waals surface area contributed by atoms with E-state index in [9.17, 15) is 4.79 Å². The molecule has 3 rings (SSSR count). The lowest BCUT2D eigenvalue weighted by molar-refractivity contribution is -0.115. The average molecular weight is 295 g/mol. The number of aliphatic imine (C=N–C) groups is 1. The van der Waals surface area contributed by atoms with Gasteiger partial charge in [0.1, 0.15) is 0 Å². The summed E-state index contributed by atoms with van der Waals surface area (Å²) in [5, 5.41) is 3.37. The Kier molecular flexibility index (Phi) is 3.83. The standard InChI is InChI=1S/C16H13N3OS/c1-11-4-6-13(7-5-11)18-16-19-15(20)14(21-16)9-12-3-2-8-17-10-12/h2-10H,1H3,(H,18,19,20)/b14-9+. The molecule has 4 nitrogen and oxygen atoms in total. The Balaban J connectivity index is 1.81. The zero-order chi connectivity index (χ0) is 14.7. The molecule has 1 N–H and O–H groups in total. The van der Waals surface area contributed by atoms with E-state index < -0.39 is 0 Å². The molecule has 0 saturated carbocycles. The van der Waals surface area contributed by atoms with Gasteiger partial charge in [0.2, 0.25) is 0 Å². The van der Waals surface area contributed by atoms with Crippen molar-refractivity contribution in [1.82, 2.24) is 10.3 Å². The Morgan fingerprint density at radius 2 is 2.05 bits per heavy atom. The fraction of sp³-hybridized carbons (Fsp3) is 0.0625. The summed E-state index contributed by atoms with van der Waals surface area (Å²) in [6.45, 7) is 2.03. The molecule has 1 amide bonds. The van der Waals surface area contributed by atoms with Crippen LogP contribution in [-0.4, -0.2) is 16.1 Å². The molecule has 1 aromatic carbocycles. The smallest absolute Gasteiger partial charge is 0.264 e. The first-order valence-corrected chi connectivity index (χ1v) is 7.29. The zero-order valence-corrected chi connectivity index (χ0v) is 12.2. The number of nitrogens with one attached hydrogen (secondary N) is 1. The highest BCUT2D eigenvalue weighted by atomic mass is 32.2. The van der Waals surface area contributed by atoms with Gasteiger partial charge in [-0.15, -0.1) is 0 Å². The van der Waals surface area contributed by atoms with Gasteiger partial charge in [0.05, 0.1) is 10.6 Å². The number of benzene rings is 1. The highest BCUT2D eigenvalue weighted by Gasteiger charge is 2.23. The first kappa shape index (κ1) is 13.6. The third-order valence-electron chi connectivity index (χ3n) is 2.90.